The lowest BCUT2D eigenvalue weighted by Gasteiger charge is -2.06. The van der Waals surface area contributed by atoms with Gasteiger partial charge in [-0.2, -0.15) is 0 Å². The van der Waals surface area contributed by atoms with E-state index in [4.69, 9.17) is 0 Å². The Morgan fingerprint density at radius 2 is 1.64 bits per heavy atom. The molecule has 0 atom stereocenters. The monoisotopic (exact) mass is 351 g/mol. The number of thiazole rings is 1. The summed E-state index contributed by atoms with van der Waals surface area (Å²) >= 11 is 1.51. The van der Waals surface area contributed by atoms with Gasteiger partial charge in [0, 0.05) is 23.2 Å². The van der Waals surface area contributed by atoms with Crippen LogP contribution in [0.25, 0.3) is 0 Å². The van der Waals surface area contributed by atoms with Crippen molar-refractivity contribution in [1.29, 1.82) is 0 Å². The molecular formula is C20H21N3OS. The summed E-state index contributed by atoms with van der Waals surface area (Å²) < 4.78 is 0. The van der Waals surface area contributed by atoms with Crippen molar-refractivity contribution in [2.24, 2.45) is 0 Å². The normalized spacial score (nSPS) is 10.5. The molecule has 1 amide bonds. The highest BCUT2D eigenvalue weighted by Crippen LogP contribution is 2.21. The van der Waals surface area contributed by atoms with Crippen LogP contribution in [-0.4, -0.2) is 17.4 Å². The fourth-order valence-electron chi connectivity index (χ4n) is 2.37. The zero-order chi connectivity index (χ0) is 17.6. The van der Waals surface area contributed by atoms with E-state index in [0.29, 0.717) is 5.13 Å². The van der Waals surface area contributed by atoms with Gasteiger partial charge in [0.2, 0.25) is 5.91 Å². The van der Waals surface area contributed by atoms with Gasteiger partial charge in [-0.25, -0.2) is 4.98 Å². The van der Waals surface area contributed by atoms with Crippen LogP contribution in [0.15, 0.2) is 54.7 Å². The first-order valence-corrected chi connectivity index (χ1v) is 9.01. The van der Waals surface area contributed by atoms with Gasteiger partial charge in [0.1, 0.15) is 0 Å². The number of carbonyl (C=O) groups is 1. The molecule has 3 aromatic rings. The van der Waals surface area contributed by atoms with Crippen molar-refractivity contribution in [2.45, 2.75) is 20.3 Å². The van der Waals surface area contributed by atoms with Crippen LogP contribution in [0, 0.1) is 13.8 Å². The van der Waals surface area contributed by atoms with Gasteiger partial charge in [-0.15, -0.1) is 11.3 Å². The van der Waals surface area contributed by atoms with Crippen LogP contribution in [0.5, 0.6) is 0 Å². The van der Waals surface area contributed by atoms with Crippen molar-refractivity contribution in [1.82, 2.24) is 4.98 Å². The highest BCUT2D eigenvalue weighted by Gasteiger charge is 2.07. The Bertz CT molecular complexity index is 838. The Morgan fingerprint density at radius 3 is 2.32 bits per heavy atom. The average molecular weight is 351 g/mol. The molecule has 0 aliphatic heterocycles. The van der Waals surface area contributed by atoms with Crippen LogP contribution in [0.4, 0.5) is 10.8 Å². The first-order chi connectivity index (χ1) is 12.1. The molecule has 2 N–H and O–H groups in total. The third kappa shape index (κ3) is 5.16. The Morgan fingerprint density at radius 1 is 1.00 bits per heavy atom. The van der Waals surface area contributed by atoms with Crippen LogP contribution in [0.1, 0.15) is 21.6 Å². The largest absolute Gasteiger partial charge is 0.376 e. The van der Waals surface area contributed by atoms with E-state index in [0.717, 1.165) is 17.0 Å². The fourth-order valence-corrected chi connectivity index (χ4v) is 3.23. The summed E-state index contributed by atoms with van der Waals surface area (Å²) in [6, 6.07) is 16.4. The van der Waals surface area contributed by atoms with E-state index in [1.807, 2.05) is 37.4 Å². The minimum Gasteiger partial charge on any atom is -0.376 e. The lowest BCUT2D eigenvalue weighted by atomic mass is 10.1. The lowest BCUT2D eigenvalue weighted by Crippen LogP contribution is -2.21. The van der Waals surface area contributed by atoms with Crippen LogP contribution >= 0.6 is 11.3 Å². The van der Waals surface area contributed by atoms with E-state index in [1.165, 1.54) is 28.0 Å². The highest BCUT2D eigenvalue weighted by atomic mass is 32.1. The van der Waals surface area contributed by atoms with Gasteiger partial charge >= 0.3 is 0 Å². The zero-order valence-corrected chi connectivity index (χ0v) is 15.2. The number of hydrogen-bond acceptors (Lipinski definition) is 4. The number of aromatic nitrogens is 1. The van der Waals surface area contributed by atoms with Gasteiger partial charge < -0.3 is 10.6 Å². The summed E-state index contributed by atoms with van der Waals surface area (Å²) in [5.41, 5.74) is 4.62. The molecule has 128 valence electrons. The van der Waals surface area contributed by atoms with Crippen molar-refractivity contribution in [3.8, 4) is 0 Å². The maximum absolute atomic E-state index is 12.1. The van der Waals surface area contributed by atoms with Crippen LogP contribution < -0.4 is 10.6 Å². The molecular weight excluding hydrogens is 330 g/mol. The number of benzene rings is 2. The molecule has 0 spiro atoms. The summed E-state index contributed by atoms with van der Waals surface area (Å²) in [5, 5.41) is 6.59. The SMILES string of the molecule is Cc1ccc(Cc2cnc(NC(=O)CNc3ccc(C)cc3)s2)cc1. The fraction of sp³-hybridized carbons (Fsp3) is 0.200. The van der Waals surface area contributed by atoms with Gasteiger partial charge in [-0.3, -0.25) is 4.79 Å². The molecule has 0 aliphatic rings. The molecule has 0 saturated carbocycles. The van der Waals surface area contributed by atoms with Gasteiger partial charge in [-0.05, 0) is 31.5 Å². The van der Waals surface area contributed by atoms with Gasteiger partial charge in [0.25, 0.3) is 0 Å². The molecule has 0 unspecified atom stereocenters. The Labute approximate surface area is 151 Å². The second-order valence-electron chi connectivity index (χ2n) is 6.06. The molecule has 5 heteroatoms. The molecule has 2 aromatic carbocycles. The number of nitrogens with zero attached hydrogens (tertiary/aromatic N) is 1. The number of carbonyl (C=O) groups excluding carboxylic acids is 1. The Kier molecular flexibility index (Phi) is 5.46. The van der Waals surface area contributed by atoms with E-state index in [9.17, 15) is 4.79 Å². The molecule has 25 heavy (non-hydrogen) atoms. The molecule has 1 heterocycles. The van der Waals surface area contributed by atoms with Crippen molar-refractivity contribution in [2.75, 3.05) is 17.2 Å². The molecule has 0 saturated heterocycles. The summed E-state index contributed by atoms with van der Waals surface area (Å²) in [7, 11) is 0. The smallest absolute Gasteiger partial charge is 0.245 e. The molecule has 3 rings (SSSR count). The molecule has 0 aliphatic carbocycles. The highest BCUT2D eigenvalue weighted by molar-refractivity contribution is 7.15. The number of hydrogen-bond donors (Lipinski definition) is 2. The zero-order valence-electron chi connectivity index (χ0n) is 14.4. The first kappa shape index (κ1) is 17.2. The molecule has 0 bridgehead atoms. The maximum Gasteiger partial charge on any atom is 0.245 e. The van der Waals surface area contributed by atoms with Crippen molar-refractivity contribution < 1.29 is 4.79 Å². The van der Waals surface area contributed by atoms with Gasteiger partial charge in [-0.1, -0.05) is 47.5 Å². The number of aryl methyl sites for hydroxylation is 2. The van der Waals surface area contributed by atoms with Crippen molar-refractivity contribution in [3.63, 3.8) is 0 Å². The summed E-state index contributed by atoms with van der Waals surface area (Å²) in [6.45, 7) is 4.33. The standard InChI is InChI=1S/C20H21N3OS/c1-14-3-7-16(8-4-14)11-18-12-22-20(25-18)23-19(24)13-21-17-9-5-15(2)6-10-17/h3-10,12,21H,11,13H2,1-2H3,(H,22,23,24). The molecule has 0 radical (unpaired) electrons. The molecule has 0 fully saturated rings. The van der Waals surface area contributed by atoms with Crippen LogP contribution in [0.3, 0.4) is 0 Å². The second kappa shape index (κ2) is 7.94. The third-order valence-electron chi connectivity index (χ3n) is 3.80. The number of rotatable bonds is 6. The van der Waals surface area contributed by atoms with E-state index < -0.39 is 0 Å². The number of anilines is 2. The van der Waals surface area contributed by atoms with E-state index >= 15 is 0 Å². The topological polar surface area (TPSA) is 54.0 Å². The summed E-state index contributed by atoms with van der Waals surface area (Å²) in [4.78, 5) is 17.5. The number of nitrogens with one attached hydrogen (secondary N) is 2. The Hall–Kier alpha value is -2.66. The Balaban J connectivity index is 1.51. The first-order valence-electron chi connectivity index (χ1n) is 8.19. The van der Waals surface area contributed by atoms with E-state index in [1.54, 1.807) is 0 Å². The number of amides is 1. The second-order valence-corrected chi connectivity index (χ2v) is 7.18. The van der Waals surface area contributed by atoms with Gasteiger partial charge in [0.15, 0.2) is 5.13 Å². The van der Waals surface area contributed by atoms with Crippen LogP contribution in [0.2, 0.25) is 0 Å². The average Bonchev–Trinajstić information content (AvgIpc) is 3.03. The summed E-state index contributed by atoms with van der Waals surface area (Å²) in [6.07, 6.45) is 2.66. The molecule has 4 nitrogen and oxygen atoms in total. The molecule has 1 aromatic heterocycles. The van der Waals surface area contributed by atoms with E-state index in [-0.39, 0.29) is 12.5 Å². The third-order valence-corrected chi connectivity index (χ3v) is 4.72. The quantitative estimate of drug-likeness (QED) is 0.692. The van der Waals surface area contributed by atoms with Crippen molar-refractivity contribution >= 4 is 28.1 Å². The minimum atomic E-state index is -0.100. The summed E-state index contributed by atoms with van der Waals surface area (Å²) in [5.74, 6) is -0.100. The maximum atomic E-state index is 12.1. The van der Waals surface area contributed by atoms with Crippen LogP contribution in [-0.2, 0) is 11.2 Å². The predicted molar refractivity (Wildman–Crippen MR) is 104 cm³/mol. The van der Waals surface area contributed by atoms with Crippen molar-refractivity contribution in [3.05, 3.63) is 76.3 Å². The minimum absolute atomic E-state index is 0.100. The lowest BCUT2D eigenvalue weighted by molar-refractivity contribution is -0.114. The predicted octanol–water partition coefficient (Wildman–Crippen LogP) is 4.40. The van der Waals surface area contributed by atoms with Gasteiger partial charge in [0.05, 0.1) is 6.54 Å². The van der Waals surface area contributed by atoms with E-state index in [2.05, 4.69) is 46.8 Å².